The molecule has 1 aromatic carbocycles. The predicted octanol–water partition coefficient (Wildman–Crippen LogP) is 3.85. The molecular weight excluding hydrogens is 425 g/mol. The summed E-state index contributed by atoms with van der Waals surface area (Å²) in [7, 11) is 1.94. The number of carbonyl (C=O) groups excluding carboxylic acids is 1. The number of piperidine rings is 1. The number of carbonyl (C=O) groups is 1. The van der Waals surface area contributed by atoms with E-state index in [0.717, 1.165) is 45.4 Å². The minimum Gasteiger partial charge on any atom is -0.361 e. The van der Waals surface area contributed by atoms with Crippen LogP contribution in [0.1, 0.15) is 31.7 Å². The Balaban J connectivity index is 1.50. The van der Waals surface area contributed by atoms with Gasteiger partial charge >= 0.3 is 0 Å². The van der Waals surface area contributed by atoms with Gasteiger partial charge in [-0.25, -0.2) is 0 Å². The van der Waals surface area contributed by atoms with Gasteiger partial charge in [0.15, 0.2) is 0 Å². The van der Waals surface area contributed by atoms with Crippen molar-refractivity contribution in [2.45, 2.75) is 36.0 Å². The minimum atomic E-state index is 0.231. The molecule has 1 fully saturated rings. The summed E-state index contributed by atoms with van der Waals surface area (Å²) in [4.78, 5) is 19.7. The Bertz CT molecular complexity index is 719. The zero-order chi connectivity index (χ0) is 17.9. The van der Waals surface area contributed by atoms with E-state index in [1.807, 2.05) is 18.9 Å². The number of para-hydroxylation sites is 1. The number of fused-ring (bicyclic) bond motifs is 1. The average Bonchev–Trinajstić information content (AvgIpc) is 3.03. The molecular formula is C20H28IN3O. The molecule has 1 N–H and O–H groups in total. The number of benzene rings is 1. The third-order valence-corrected chi connectivity index (χ3v) is 6.79. The molecule has 1 amide bonds. The topological polar surface area (TPSA) is 39.3 Å². The highest BCUT2D eigenvalue weighted by atomic mass is 127. The van der Waals surface area contributed by atoms with E-state index in [-0.39, 0.29) is 9.33 Å². The molecule has 0 radical (unpaired) electrons. The number of H-pyrrole nitrogens is 1. The number of likely N-dealkylation sites (tertiary alicyclic amines) is 1. The molecule has 0 bridgehead atoms. The number of nitrogens with one attached hydrogen (secondary N) is 1. The molecule has 0 aliphatic carbocycles. The van der Waals surface area contributed by atoms with Gasteiger partial charge in [-0.3, -0.25) is 4.79 Å². The van der Waals surface area contributed by atoms with Crippen LogP contribution in [0.3, 0.4) is 0 Å². The van der Waals surface area contributed by atoms with Crippen LogP contribution in [0.25, 0.3) is 10.9 Å². The van der Waals surface area contributed by atoms with E-state index in [1.165, 1.54) is 16.5 Å². The summed E-state index contributed by atoms with van der Waals surface area (Å²) >= 11 is 2.59. The van der Waals surface area contributed by atoms with Crippen LogP contribution in [0.4, 0.5) is 0 Å². The van der Waals surface area contributed by atoms with Crippen molar-refractivity contribution in [3.63, 3.8) is 0 Å². The second kappa shape index (κ2) is 8.08. The molecule has 1 aliphatic heterocycles. The molecule has 0 unspecified atom stereocenters. The van der Waals surface area contributed by atoms with E-state index in [1.54, 1.807) is 0 Å². The molecule has 136 valence electrons. The van der Waals surface area contributed by atoms with E-state index in [4.69, 9.17) is 0 Å². The molecule has 4 nitrogen and oxygen atoms in total. The second-order valence-corrected chi connectivity index (χ2v) is 9.49. The van der Waals surface area contributed by atoms with Crippen LogP contribution >= 0.6 is 22.6 Å². The molecule has 1 aliphatic rings. The number of amides is 1. The zero-order valence-electron chi connectivity index (χ0n) is 15.2. The molecule has 25 heavy (non-hydrogen) atoms. The number of aromatic nitrogens is 1. The first-order chi connectivity index (χ1) is 12.0. The van der Waals surface area contributed by atoms with Gasteiger partial charge in [0, 0.05) is 47.1 Å². The average molecular weight is 453 g/mol. The lowest BCUT2D eigenvalue weighted by Gasteiger charge is -2.40. The zero-order valence-corrected chi connectivity index (χ0v) is 17.4. The highest BCUT2D eigenvalue weighted by Gasteiger charge is 2.33. The first kappa shape index (κ1) is 18.7. The fourth-order valence-electron chi connectivity index (χ4n) is 3.74. The van der Waals surface area contributed by atoms with Crippen LogP contribution in [-0.4, -0.2) is 57.3 Å². The van der Waals surface area contributed by atoms with Crippen molar-refractivity contribution in [3.8, 4) is 0 Å². The first-order valence-corrected chi connectivity index (χ1v) is 10.3. The highest BCUT2D eigenvalue weighted by molar-refractivity contribution is 14.1. The lowest BCUT2D eigenvalue weighted by atomic mass is 9.95. The standard InChI is InChI=1S/C20H28IN3O/c1-3-19(25)23(2)15-20(21)9-12-24(13-10-20)11-8-16-14-22-18-7-5-4-6-17(16)18/h4-7,14,22H,3,8-13,15H2,1-2H3. The summed E-state index contributed by atoms with van der Waals surface area (Å²) in [6.45, 7) is 6.17. The Labute approximate surface area is 164 Å². The molecule has 0 spiro atoms. The number of nitrogens with zero attached hydrogens (tertiary/aromatic N) is 2. The van der Waals surface area contributed by atoms with Gasteiger partial charge in [0.1, 0.15) is 0 Å². The third-order valence-electron chi connectivity index (χ3n) is 5.37. The van der Waals surface area contributed by atoms with Gasteiger partial charge in [0.2, 0.25) is 5.91 Å². The fourth-order valence-corrected chi connectivity index (χ4v) is 4.73. The van der Waals surface area contributed by atoms with Gasteiger partial charge in [-0.15, -0.1) is 0 Å². The molecule has 2 aromatic rings. The largest absolute Gasteiger partial charge is 0.361 e. The van der Waals surface area contributed by atoms with Crippen LogP contribution in [-0.2, 0) is 11.2 Å². The van der Waals surface area contributed by atoms with Crippen molar-refractivity contribution in [3.05, 3.63) is 36.0 Å². The van der Waals surface area contributed by atoms with E-state index in [2.05, 4.69) is 62.9 Å². The first-order valence-electron chi connectivity index (χ1n) is 9.21. The molecule has 0 atom stereocenters. The maximum Gasteiger partial charge on any atom is 0.222 e. The summed E-state index contributed by atoms with van der Waals surface area (Å²) in [6.07, 6.45) is 6.15. The van der Waals surface area contributed by atoms with Gasteiger partial charge < -0.3 is 14.8 Å². The Kier molecular flexibility index (Phi) is 6.04. The summed E-state index contributed by atoms with van der Waals surface area (Å²) in [5, 5.41) is 1.35. The number of rotatable bonds is 6. The van der Waals surface area contributed by atoms with Crippen molar-refractivity contribution in [1.82, 2.24) is 14.8 Å². The normalized spacial score (nSPS) is 17.7. The Morgan fingerprint density at radius 1 is 1.32 bits per heavy atom. The van der Waals surface area contributed by atoms with Gasteiger partial charge in [-0.05, 0) is 44.0 Å². The van der Waals surface area contributed by atoms with Crippen molar-refractivity contribution in [2.75, 3.05) is 33.2 Å². The van der Waals surface area contributed by atoms with Crippen LogP contribution < -0.4 is 0 Å². The van der Waals surface area contributed by atoms with Crippen molar-refractivity contribution < 1.29 is 4.79 Å². The molecule has 5 heteroatoms. The van der Waals surface area contributed by atoms with E-state index in [0.29, 0.717) is 6.42 Å². The van der Waals surface area contributed by atoms with E-state index >= 15 is 0 Å². The van der Waals surface area contributed by atoms with Crippen LogP contribution in [0, 0.1) is 0 Å². The van der Waals surface area contributed by atoms with E-state index < -0.39 is 0 Å². The third kappa shape index (κ3) is 4.56. The molecule has 0 saturated carbocycles. The van der Waals surface area contributed by atoms with Gasteiger partial charge in [0.25, 0.3) is 0 Å². The summed E-state index contributed by atoms with van der Waals surface area (Å²) in [5.74, 6) is 0.248. The molecule has 3 rings (SSSR count). The van der Waals surface area contributed by atoms with Crippen LogP contribution in [0.5, 0.6) is 0 Å². The molecule has 2 heterocycles. The van der Waals surface area contributed by atoms with Crippen molar-refractivity contribution in [2.24, 2.45) is 0 Å². The van der Waals surface area contributed by atoms with Gasteiger partial charge in [-0.2, -0.15) is 0 Å². The minimum absolute atomic E-state index is 0.231. The SMILES string of the molecule is CCC(=O)N(C)CC1(I)CCN(CCc2c[nH]c3ccccc23)CC1. The Hall–Kier alpha value is -1.08. The monoisotopic (exact) mass is 453 g/mol. The molecule has 1 aromatic heterocycles. The lowest BCUT2D eigenvalue weighted by molar-refractivity contribution is -0.130. The molecule has 1 saturated heterocycles. The van der Waals surface area contributed by atoms with Gasteiger partial charge in [0.05, 0.1) is 0 Å². The maximum absolute atomic E-state index is 11.8. The second-order valence-electron chi connectivity index (χ2n) is 7.21. The number of aromatic amines is 1. The Morgan fingerprint density at radius 3 is 2.76 bits per heavy atom. The number of hydrogen-bond acceptors (Lipinski definition) is 2. The van der Waals surface area contributed by atoms with Crippen LogP contribution in [0.2, 0.25) is 0 Å². The number of hydrogen-bond donors (Lipinski definition) is 1. The lowest BCUT2D eigenvalue weighted by Crippen LogP contribution is -2.47. The van der Waals surface area contributed by atoms with Crippen molar-refractivity contribution in [1.29, 1.82) is 0 Å². The maximum atomic E-state index is 11.8. The van der Waals surface area contributed by atoms with Crippen molar-refractivity contribution >= 4 is 39.4 Å². The van der Waals surface area contributed by atoms with E-state index in [9.17, 15) is 4.79 Å². The summed E-state index contributed by atoms with van der Waals surface area (Å²) < 4.78 is 0.231. The highest BCUT2D eigenvalue weighted by Crippen LogP contribution is 2.33. The summed E-state index contributed by atoms with van der Waals surface area (Å²) in [6, 6.07) is 8.53. The Morgan fingerprint density at radius 2 is 2.04 bits per heavy atom. The predicted molar refractivity (Wildman–Crippen MR) is 112 cm³/mol. The van der Waals surface area contributed by atoms with Gasteiger partial charge in [-0.1, -0.05) is 47.7 Å². The number of halogens is 1. The number of alkyl halides is 1. The fraction of sp³-hybridized carbons (Fsp3) is 0.550. The smallest absolute Gasteiger partial charge is 0.222 e. The summed E-state index contributed by atoms with van der Waals surface area (Å²) in [5.41, 5.74) is 2.64. The quantitative estimate of drug-likeness (QED) is 0.533. The van der Waals surface area contributed by atoms with Crippen LogP contribution in [0.15, 0.2) is 30.5 Å².